The Kier molecular flexibility index (Phi) is 4.29. The van der Waals surface area contributed by atoms with Crippen LogP contribution in [0.2, 0.25) is 0 Å². The topological polar surface area (TPSA) is 51.2 Å². The van der Waals surface area contributed by atoms with Crippen LogP contribution >= 0.6 is 0 Å². The van der Waals surface area contributed by atoms with Gasteiger partial charge in [0.1, 0.15) is 9.83 Å². The molecule has 1 atom stereocenters. The van der Waals surface area contributed by atoms with Crippen molar-refractivity contribution in [1.82, 2.24) is 0 Å². The van der Waals surface area contributed by atoms with Gasteiger partial charge in [-0.25, -0.2) is 12.6 Å². The first-order valence-corrected chi connectivity index (χ1v) is 6.37. The van der Waals surface area contributed by atoms with Gasteiger partial charge >= 0.3 is 0 Å². The van der Waals surface area contributed by atoms with Crippen molar-refractivity contribution in [3.05, 3.63) is 25.3 Å². The van der Waals surface area contributed by atoms with E-state index in [1.165, 1.54) is 12.2 Å². The Bertz CT molecular complexity index is 264. The van der Waals surface area contributed by atoms with Crippen molar-refractivity contribution in [1.29, 1.82) is 0 Å². The van der Waals surface area contributed by atoms with Crippen molar-refractivity contribution in [3.63, 3.8) is 0 Å². The maximum Gasteiger partial charge on any atom is 0.233 e. The highest BCUT2D eigenvalue weighted by atomic mass is 33.2. The number of hydrogen-bond donors (Lipinski definition) is 0. The molecule has 0 saturated heterocycles. The first-order chi connectivity index (χ1) is 5.04. The molecule has 0 aliphatic rings. The minimum absolute atomic E-state index is 0.0177. The van der Waals surface area contributed by atoms with Gasteiger partial charge in [-0.1, -0.05) is 12.2 Å². The molecule has 0 amide bonds. The summed E-state index contributed by atoms with van der Waals surface area (Å²) in [4.78, 5) is 0. The third-order valence-electron chi connectivity index (χ3n) is 0.859. The number of hydrogen-bond acceptors (Lipinski definition) is 3. The van der Waals surface area contributed by atoms with Crippen LogP contribution in [-0.4, -0.2) is 24.1 Å². The largest absolute Gasteiger partial charge is 0.243 e. The molecule has 0 aromatic heterocycles. The quantitative estimate of drug-likeness (QED) is 0.471. The zero-order chi connectivity index (χ0) is 8.91. The highest BCUT2D eigenvalue weighted by Crippen LogP contribution is 1.98. The van der Waals surface area contributed by atoms with Gasteiger partial charge in [-0.3, -0.25) is 0 Å². The van der Waals surface area contributed by atoms with E-state index in [1.807, 2.05) is 0 Å². The Hall–Kier alpha value is -0.420. The summed E-state index contributed by atoms with van der Waals surface area (Å²) in [5, 5.41) is 0. The van der Waals surface area contributed by atoms with Gasteiger partial charge in [0.2, 0.25) is 8.87 Å². The van der Waals surface area contributed by atoms with Gasteiger partial charge in [0.15, 0.2) is 0 Å². The second-order valence-electron chi connectivity index (χ2n) is 1.77. The van der Waals surface area contributed by atoms with E-state index in [9.17, 15) is 12.6 Å². The van der Waals surface area contributed by atoms with Gasteiger partial charge in [0.05, 0.1) is 11.5 Å². The molecule has 0 aliphatic carbocycles. The lowest BCUT2D eigenvalue weighted by molar-refractivity contribution is 0.608. The normalized spacial score (nSPS) is 13.8. The smallest absolute Gasteiger partial charge is 0.233 e. The lowest BCUT2D eigenvalue weighted by atomic mass is 10.8. The minimum atomic E-state index is -3.49. The third kappa shape index (κ3) is 3.48. The van der Waals surface area contributed by atoms with E-state index in [0.717, 1.165) is 0 Å². The molecule has 0 saturated carbocycles. The van der Waals surface area contributed by atoms with Crippen LogP contribution in [0.25, 0.3) is 0 Å². The Labute approximate surface area is 68.6 Å². The van der Waals surface area contributed by atoms with Crippen molar-refractivity contribution in [2.45, 2.75) is 0 Å². The standard InChI is InChI=1S/C6H10O3S2/c1-3-5-10(7)11(8,9)6-4-2/h3-4H,1-2,5-6H2. The highest BCUT2D eigenvalue weighted by Gasteiger charge is 2.15. The molecule has 0 aliphatic heterocycles. The minimum Gasteiger partial charge on any atom is -0.243 e. The summed E-state index contributed by atoms with van der Waals surface area (Å²) < 4.78 is 32.7. The average Bonchev–Trinajstić information content (AvgIpc) is 1.88. The van der Waals surface area contributed by atoms with Crippen molar-refractivity contribution in [3.8, 4) is 0 Å². The summed E-state index contributed by atoms with van der Waals surface area (Å²) in [6.45, 7) is 6.54. The summed E-state index contributed by atoms with van der Waals surface area (Å²) in [5.74, 6) is -0.260. The molecule has 0 heterocycles. The fourth-order valence-corrected chi connectivity index (χ4v) is 2.92. The lowest BCUT2D eigenvalue weighted by Crippen LogP contribution is -2.12. The molecule has 1 unspecified atom stereocenters. The van der Waals surface area contributed by atoms with E-state index in [-0.39, 0.29) is 11.5 Å². The molecule has 0 spiro atoms. The van der Waals surface area contributed by atoms with Gasteiger partial charge in [-0.2, -0.15) is 0 Å². The predicted octanol–water partition coefficient (Wildman–Crippen LogP) is 0.437. The fraction of sp³-hybridized carbons (Fsp3) is 0.333. The predicted molar refractivity (Wildman–Crippen MR) is 47.2 cm³/mol. The fourth-order valence-electron chi connectivity index (χ4n) is 0.420. The molecule has 3 nitrogen and oxygen atoms in total. The zero-order valence-electron chi connectivity index (χ0n) is 6.02. The van der Waals surface area contributed by atoms with E-state index in [4.69, 9.17) is 0 Å². The van der Waals surface area contributed by atoms with Crippen LogP contribution in [0.4, 0.5) is 0 Å². The zero-order valence-corrected chi connectivity index (χ0v) is 7.66. The summed E-state index contributed by atoms with van der Waals surface area (Å²) in [6.07, 6.45) is 2.53. The molecule has 5 heteroatoms. The maximum atomic E-state index is 10.9. The monoisotopic (exact) mass is 194 g/mol. The van der Waals surface area contributed by atoms with Crippen molar-refractivity contribution in [2.75, 3.05) is 11.5 Å². The van der Waals surface area contributed by atoms with Crippen LogP contribution in [-0.2, 0) is 18.7 Å². The van der Waals surface area contributed by atoms with Gasteiger partial charge in [-0.15, -0.1) is 13.2 Å². The summed E-state index contributed by atoms with van der Waals surface area (Å²) in [5.41, 5.74) is 0. The van der Waals surface area contributed by atoms with Crippen LogP contribution in [0.5, 0.6) is 0 Å². The van der Waals surface area contributed by atoms with E-state index in [0.29, 0.717) is 0 Å². The van der Waals surface area contributed by atoms with Crippen LogP contribution in [0, 0.1) is 0 Å². The second-order valence-corrected chi connectivity index (χ2v) is 6.80. The molecule has 0 fully saturated rings. The second kappa shape index (κ2) is 4.46. The average molecular weight is 194 g/mol. The Morgan fingerprint density at radius 3 is 2.18 bits per heavy atom. The highest BCUT2D eigenvalue weighted by molar-refractivity contribution is 8.64. The molecule has 0 rings (SSSR count). The summed E-state index contributed by atoms with van der Waals surface area (Å²) >= 11 is 0. The first-order valence-electron chi connectivity index (χ1n) is 2.88. The summed E-state index contributed by atoms with van der Waals surface area (Å²) in [6, 6.07) is 0. The Balaban J connectivity index is 4.43. The van der Waals surface area contributed by atoms with E-state index in [1.54, 1.807) is 0 Å². The Morgan fingerprint density at radius 2 is 1.82 bits per heavy atom. The summed E-state index contributed by atoms with van der Waals surface area (Å²) in [7, 11) is -5.34. The molecule has 0 bridgehead atoms. The molecule has 0 aromatic rings. The van der Waals surface area contributed by atoms with Crippen LogP contribution in [0.1, 0.15) is 0 Å². The van der Waals surface area contributed by atoms with Crippen molar-refractivity contribution >= 4 is 18.7 Å². The van der Waals surface area contributed by atoms with Gasteiger partial charge in [-0.05, 0) is 0 Å². The molecule has 64 valence electrons. The van der Waals surface area contributed by atoms with E-state index < -0.39 is 18.7 Å². The molecule has 11 heavy (non-hydrogen) atoms. The lowest BCUT2D eigenvalue weighted by Gasteiger charge is -1.96. The Morgan fingerprint density at radius 1 is 1.27 bits per heavy atom. The third-order valence-corrected chi connectivity index (χ3v) is 5.09. The first kappa shape index (κ1) is 10.6. The van der Waals surface area contributed by atoms with Crippen LogP contribution in [0.15, 0.2) is 25.3 Å². The maximum absolute atomic E-state index is 10.9. The van der Waals surface area contributed by atoms with Gasteiger partial charge in [0.25, 0.3) is 0 Å². The molecular formula is C6H10O3S2. The van der Waals surface area contributed by atoms with Gasteiger partial charge in [0, 0.05) is 0 Å². The van der Waals surface area contributed by atoms with Crippen LogP contribution < -0.4 is 0 Å². The van der Waals surface area contributed by atoms with E-state index >= 15 is 0 Å². The molecule has 0 N–H and O–H groups in total. The molecule has 0 aromatic carbocycles. The molecular weight excluding hydrogens is 184 g/mol. The van der Waals surface area contributed by atoms with Gasteiger partial charge < -0.3 is 0 Å². The van der Waals surface area contributed by atoms with Crippen molar-refractivity contribution < 1.29 is 12.6 Å². The SMILES string of the molecule is C=CCS(=O)S(=O)(=O)CC=C. The molecule has 0 radical (unpaired) electrons. The van der Waals surface area contributed by atoms with E-state index in [2.05, 4.69) is 13.2 Å². The van der Waals surface area contributed by atoms with Crippen LogP contribution in [0.3, 0.4) is 0 Å². The number of rotatable bonds is 5. The van der Waals surface area contributed by atoms with Crippen molar-refractivity contribution in [2.24, 2.45) is 0 Å².